The molecule has 158 valence electrons. The van der Waals surface area contributed by atoms with Gasteiger partial charge in [-0.25, -0.2) is 0 Å². The first kappa shape index (κ1) is 21.2. The number of carbonyl (C=O) groups is 2. The number of ketones is 1. The fraction of sp³-hybridized carbons (Fsp3) is 0.273. The number of hydrogen-bond acceptors (Lipinski definition) is 7. The van der Waals surface area contributed by atoms with Gasteiger partial charge in [0.25, 0.3) is 11.7 Å². The van der Waals surface area contributed by atoms with Crippen LogP contribution in [0.15, 0.2) is 48.0 Å². The molecule has 0 aromatic heterocycles. The molecule has 0 aliphatic carbocycles. The van der Waals surface area contributed by atoms with E-state index in [9.17, 15) is 24.9 Å². The number of carbonyl (C=O) groups excluding carboxylic acids is 2. The molecule has 1 aliphatic heterocycles. The van der Waals surface area contributed by atoms with Crippen LogP contribution in [-0.2, 0) is 9.59 Å². The van der Waals surface area contributed by atoms with Crippen molar-refractivity contribution in [3.8, 4) is 17.2 Å². The standard InChI is InChI=1S/C22H23NO7/c1-3-30-17-12-14(6-9-16(17)25)19-18(21(27)22(28)23(19)10-11-24)20(26)13-4-7-15(29-2)8-5-13/h4-9,12,19,24-26H,3,10-11H2,1-2H3/b20-18-. The Kier molecular flexibility index (Phi) is 6.27. The van der Waals surface area contributed by atoms with Crippen molar-refractivity contribution in [3.05, 3.63) is 59.2 Å². The lowest BCUT2D eigenvalue weighted by Crippen LogP contribution is -2.32. The Bertz CT molecular complexity index is 981. The number of benzene rings is 2. The van der Waals surface area contributed by atoms with E-state index in [-0.39, 0.29) is 36.0 Å². The molecule has 1 atom stereocenters. The van der Waals surface area contributed by atoms with Gasteiger partial charge in [0, 0.05) is 12.1 Å². The summed E-state index contributed by atoms with van der Waals surface area (Å²) in [5.41, 5.74) is 0.692. The molecule has 1 aliphatic rings. The Balaban J connectivity index is 2.17. The van der Waals surface area contributed by atoms with Crippen LogP contribution in [0.5, 0.6) is 17.2 Å². The first-order chi connectivity index (χ1) is 14.4. The average Bonchev–Trinajstić information content (AvgIpc) is 3.00. The van der Waals surface area contributed by atoms with Crippen LogP contribution in [0.1, 0.15) is 24.1 Å². The maximum atomic E-state index is 12.8. The number of nitrogens with zero attached hydrogens (tertiary/aromatic N) is 1. The second-order valence-corrected chi connectivity index (χ2v) is 6.60. The minimum atomic E-state index is -0.945. The SMILES string of the molecule is CCOc1cc(C2/C(=C(/O)c3ccc(OC)cc3)C(=O)C(=O)N2CCO)ccc1O. The van der Waals surface area contributed by atoms with E-state index in [4.69, 9.17) is 9.47 Å². The van der Waals surface area contributed by atoms with Crippen LogP contribution in [0.25, 0.3) is 5.76 Å². The van der Waals surface area contributed by atoms with Gasteiger partial charge in [0.05, 0.1) is 31.9 Å². The highest BCUT2D eigenvalue weighted by molar-refractivity contribution is 6.46. The summed E-state index contributed by atoms with van der Waals surface area (Å²) in [7, 11) is 1.51. The highest BCUT2D eigenvalue weighted by atomic mass is 16.5. The summed E-state index contributed by atoms with van der Waals surface area (Å²) in [6.07, 6.45) is 0. The first-order valence-electron chi connectivity index (χ1n) is 9.42. The van der Waals surface area contributed by atoms with Crippen LogP contribution in [0.2, 0.25) is 0 Å². The van der Waals surface area contributed by atoms with Crippen LogP contribution in [0, 0.1) is 0 Å². The van der Waals surface area contributed by atoms with E-state index < -0.39 is 17.7 Å². The number of methoxy groups -OCH3 is 1. The molecule has 8 nitrogen and oxygen atoms in total. The van der Waals surface area contributed by atoms with E-state index >= 15 is 0 Å². The number of aromatic hydroxyl groups is 1. The van der Waals surface area contributed by atoms with Gasteiger partial charge in [-0.2, -0.15) is 0 Å². The number of phenols is 1. The second kappa shape index (κ2) is 8.87. The number of Topliss-reactive ketones (excluding diaryl/α,β-unsaturated/α-hetero) is 1. The van der Waals surface area contributed by atoms with Crippen LogP contribution >= 0.6 is 0 Å². The summed E-state index contributed by atoms with van der Waals surface area (Å²) in [4.78, 5) is 26.6. The molecule has 0 radical (unpaired) electrons. The van der Waals surface area contributed by atoms with Gasteiger partial charge in [-0.3, -0.25) is 9.59 Å². The van der Waals surface area contributed by atoms with Crippen LogP contribution in [0.4, 0.5) is 0 Å². The van der Waals surface area contributed by atoms with Gasteiger partial charge in [0.15, 0.2) is 11.5 Å². The highest BCUT2D eigenvalue weighted by Gasteiger charge is 2.46. The van der Waals surface area contributed by atoms with Crippen LogP contribution in [-0.4, -0.2) is 58.8 Å². The molecule has 1 heterocycles. The lowest BCUT2D eigenvalue weighted by atomic mass is 9.95. The molecule has 3 N–H and O–H groups in total. The maximum absolute atomic E-state index is 12.8. The van der Waals surface area contributed by atoms with Crippen molar-refractivity contribution < 1.29 is 34.4 Å². The number of amides is 1. The molecule has 1 unspecified atom stereocenters. The third-order valence-corrected chi connectivity index (χ3v) is 4.84. The Morgan fingerprint density at radius 2 is 1.83 bits per heavy atom. The Morgan fingerprint density at radius 3 is 2.43 bits per heavy atom. The third kappa shape index (κ3) is 3.81. The number of ether oxygens (including phenoxy) is 2. The van der Waals surface area contributed by atoms with Crippen molar-refractivity contribution in [2.75, 3.05) is 26.9 Å². The average molecular weight is 413 g/mol. The van der Waals surface area contributed by atoms with E-state index in [1.807, 2.05) is 0 Å². The van der Waals surface area contributed by atoms with Gasteiger partial charge in [0.1, 0.15) is 11.5 Å². The number of aliphatic hydroxyl groups excluding tert-OH is 2. The van der Waals surface area contributed by atoms with Crippen molar-refractivity contribution in [1.82, 2.24) is 4.90 Å². The van der Waals surface area contributed by atoms with Crippen molar-refractivity contribution in [3.63, 3.8) is 0 Å². The van der Waals surface area contributed by atoms with Crippen molar-refractivity contribution in [2.45, 2.75) is 13.0 Å². The number of hydrogen-bond donors (Lipinski definition) is 3. The molecule has 30 heavy (non-hydrogen) atoms. The lowest BCUT2D eigenvalue weighted by molar-refractivity contribution is -0.140. The summed E-state index contributed by atoms with van der Waals surface area (Å²) in [6, 6.07) is 9.91. The molecule has 2 aromatic carbocycles. The molecular weight excluding hydrogens is 390 g/mol. The monoisotopic (exact) mass is 413 g/mol. The summed E-state index contributed by atoms with van der Waals surface area (Å²) in [6.45, 7) is 1.61. The number of phenolic OH excluding ortho intramolecular Hbond substituents is 1. The zero-order valence-corrected chi connectivity index (χ0v) is 16.7. The van der Waals surface area contributed by atoms with Crippen molar-refractivity contribution >= 4 is 17.4 Å². The zero-order chi connectivity index (χ0) is 21.8. The molecule has 1 amide bonds. The lowest BCUT2D eigenvalue weighted by Gasteiger charge is -2.25. The predicted molar refractivity (Wildman–Crippen MR) is 108 cm³/mol. The normalized spacial score (nSPS) is 18.0. The maximum Gasteiger partial charge on any atom is 0.295 e. The molecule has 1 fully saturated rings. The smallest absolute Gasteiger partial charge is 0.295 e. The summed E-state index contributed by atoms with van der Waals surface area (Å²) < 4.78 is 10.5. The van der Waals surface area contributed by atoms with Gasteiger partial charge in [0.2, 0.25) is 0 Å². The van der Waals surface area contributed by atoms with Gasteiger partial charge in [-0.1, -0.05) is 6.07 Å². The Labute approximate surface area is 173 Å². The van der Waals surface area contributed by atoms with Crippen molar-refractivity contribution in [1.29, 1.82) is 0 Å². The molecule has 3 rings (SSSR count). The quantitative estimate of drug-likeness (QED) is 0.362. The van der Waals surface area contributed by atoms with E-state index in [1.54, 1.807) is 37.3 Å². The summed E-state index contributed by atoms with van der Waals surface area (Å²) in [5, 5.41) is 30.3. The third-order valence-electron chi connectivity index (χ3n) is 4.84. The number of rotatable bonds is 7. The first-order valence-corrected chi connectivity index (χ1v) is 9.42. The highest BCUT2D eigenvalue weighted by Crippen LogP contribution is 2.41. The van der Waals surface area contributed by atoms with E-state index in [2.05, 4.69) is 0 Å². The Morgan fingerprint density at radius 1 is 1.13 bits per heavy atom. The van der Waals surface area contributed by atoms with Crippen LogP contribution in [0.3, 0.4) is 0 Å². The molecule has 0 bridgehead atoms. The molecule has 2 aromatic rings. The van der Waals surface area contributed by atoms with Gasteiger partial charge in [-0.05, 0) is 48.9 Å². The molecule has 0 spiro atoms. The largest absolute Gasteiger partial charge is 0.507 e. The predicted octanol–water partition coefficient (Wildman–Crippen LogP) is 2.21. The van der Waals surface area contributed by atoms with Gasteiger partial charge in [-0.15, -0.1) is 0 Å². The fourth-order valence-electron chi connectivity index (χ4n) is 3.44. The minimum absolute atomic E-state index is 0.0881. The summed E-state index contributed by atoms with van der Waals surface area (Å²) >= 11 is 0. The number of β-amino-alcohol motifs (C(OH)–C–C–N with tert-alkyl or cyclic N) is 1. The summed E-state index contributed by atoms with van der Waals surface area (Å²) in [5.74, 6) is -1.34. The molecular formula is C22H23NO7. The molecule has 1 saturated heterocycles. The minimum Gasteiger partial charge on any atom is -0.507 e. The van der Waals surface area contributed by atoms with E-state index in [0.717, 1.165) is 0 Å². The molecule has 0 saturated carbocycles. The second-order valence-electron chi connectivity index (χ2n) is 6.60. The topological polar surface area (TPSA) is 117 Å². The Hall–Kier alpha value is -3.52. The van der Waals surface area contributed by atoms with E-state index in [0.29, 0.717) is 23.5 Å². The van der Waals surface area contributed by atoms with Crippen LogP contribution < -0.4 is 9.47 Å². The van der Waals surface area contributed by atoms with Crippen molar-refractivity contribution in [2.24, 2.45) is 0 Å². The number of aliphatic hydroxyl groups is 2. The number of likely N-dealkylation sites (tertiary alicyclic amines) is 1. The van der Waals surface area contributed by atoms with Gasteiger partial charge < -0.3 is 29.7 Å². The zero-order valence-electron chi connectivity index (χ0n) is 16.7. The van der Waals surface area contributed by atoms with E-state index in [1.165, 1.54) is 24.1 Å². The molecule has 8 heteroatoms. The van der Waals surface area contributed by atoms with Gasteiger partial charge >= 0.3 is 0 Å². The fourth-order valence-corrected chi connectivity index (χ4v) is 3.44.